The first-order valence-corrected chi connectivity index (χ1v) is 7.98. The second-order valence-corrected chi connectivity index (χ2v) is 6.14. The van der Waals surface area contributed by atoms with Gasteiger partial charge in [-0.05, 0) is 59.6 Å². The predicted molar refractivity (Wildman–Crippen MR) is 86.8 cm³/mol. The minimum atomic E-state index is -0.225. The molecule has 2 rings (SSSR count). The number of hydrogen-bond acceptors (Lipinski definition) is 2. The van der Waals surface area contributed by atoms with E-state index in [9.17, 15) is 4.39 Å². The lowest BCUT2D eigenvalue weighted by molar-refractivity contribution is 0.508. The van der Waals surface area contributed by atoms with Crippen molar-refractivity contribution in [2.75, 3.05) is 6.54 Å². The van der Waals surface area contributed by atoms with E-state index < -0.39 is 0 Å². The molecule has 1 heterocycles. The Morgan fingerprint density at radius 1 is 1.38 bits per heavy atom. The van der Waals surface area contributed by atoms with E-state index in [0.29, 0.717) is 4.47 Å². The van der Waals surface area contributed by atoms with Gasteiger partial charge in [-0.15, -0.1) is 0 Å². The number of halogens is 2. The fourth-order valence-corrected chi connectivity index (χ4v) is 2.67. The molecule has 0 saturated heterocycles. The van der Waals surface area contributed by atoms with Crippen LogP contribution in [0.5, 0.6) is 0 Å². The highest BCUT2D eigenvalue weighted by atomic mass is 79.9. The van der Waals surface area contributed by atoms with Crippen molar-refractivity contribution in [1.29, 1.82) is 0 Å². The van der Waals surface area contributed by atoms with Gasteiger partial charge in [-0.25, -0.2) is 4.39 Å². The van der Waals surface area contributed by atoms with Crippen molar-refractivity contribution in [3.05, 3.63) is 51.5 Å². The van der Waals surface area contributed by atoms with Crippen LogP contribution in [0.25, 0.3) is 0 Å². The molecule has 1 atom stereocenters. The minimum absolute atomic E-state index is 0.0855. The monoisotopic (exact) mass is 353 g/mol. The lowest BCUT2D eigenvalue weighted by Gasteiger charge is -2.19. The Labute approximate surface area is 133 Å². The van der Waals surface area contributed by atoms with Crippen LogP contribution >= 0.6 is 15.9 Å². The van der Waals surface area contributed by atoms with Crippen molar-refractivity contribution in [1.82, 2.24) is 15.1 Å². The van der Waals surface area contributed by atoms with Gasteiger partial charge in [-0.3, -0.25) is 4.68 Å². The van der Waals surface area contributed by atoms with E-state index >= 15 is 0 Å². The number of rotatable bonds is 6. The fourth-order valence-electron chi connectivity index (χ4n) is 2.42. The standard InChI is InChI=1S/C16H21BrFN3/c1-4-7-19-16(10-13-8-11(2)20-21(13)3)12-5-6-14(17)15(18)9-12/h5-6,8-9,16,19H,4,7,10H2,1-3H3. The molecule has 21 heavy (non-hydrogen) atoms. The molecule has 0 fully saturated rings. The topological polar surface area (TPSA) is 29.9 Å². The van der Waals surface area contributed by atoms with Crippen molar-refractivity contribution in [2.45, 2.75) is 32.7 Å². The molecule has 0 amide bonds. The zero-order valence-corrected chi connectivity index (χ0v) is 14.2. The quantitative estimate of drug-likeness (QED) is 0.852. The number of nitrogens with zero attached hydrogens (tertiary/aromatic N) is 2. The van der Waals surface area contributed by atoms with Gasteiger partial charge in [-0.2, -0.15) is 5.10 Å². The largest absolute Gasteiger partial charge is 0.310 e. The number of hydrogen-bond donors (Lipinski definition) is 1. The molecule has 1 N–H and O–H groups in total. The van der Waals surface area contributed by atoms with Crippen LogP contribution in [-0.4, -0.2) is 16.3 Å². The molecular formula is C16H21BrFN3. The van der Waals surface area contributed by atoms with Gasteiger partial charge in [0, 0.05) is 25.2 Å². The van der Waals surface area contributed by atoms with Gasteiger partial charge in [0.05, 0.1) is 10.2 Å². The second-order valence-electron chi connectivity index (χ2n) is 5.29. The van der Waals surface area contributed by atoms with Crippen LogP contribution < -0.4 is 5.32 Å². The Balaban J connectivity index is 2.24. The Kier molecular flexibility index (Phi) is 5.53. The molecule has 3 nitrogen and oxygen atoms in total. The molecule has 0 saturated carbocycles. The summed E-state index contributed by atoms with van der Waals surface area (Å²) < 4.78 is 16.2. The predicted octanol–water partition coefficient (Wildman–Crippen LogP) is 3.91. The van der Waals surface area contributed by atoms with E-state index in [-0.39, 0.29) is 11.9 Å². The van der Waals surface area contributed by atoms with Crippen molar-refractivity contribution >= 4 is 15.9 Å². The van der Waals surface area contributed by atoms with E-state index in [0.717, 1.165) is 36.3 Å². The van der Waals surface area contributed by atoms with E-state index in [4.69, 9.17) is 0 Å². The SMILES string of the molecule is CCCNC(Cc1cc(C)nn1C)c1ccc(Br)c(F)c1. The maximum atomic E-state index is 13.8. The lowest BCUT2D eigenvalue weighted by Crippen LogP contribution is -2.25. The summed E-state index contributed by atoms with van der Waals surface area (Å²) in [5.74, 6) is -0.225. The van der Waals surface area contributed by atoms with Crippen LogP contribution in [0.15, 0.2) is 28.7 Å². The third kappa shape index (κ3) is 4.14. The maximum absolute atomic E-state index is 13.8. The highest BCUT2D eigenvalue weighted by Gasteiger charge is 2.15. The van der Waals surface area contributed by atoms with Crippen molar-refractivity contribution in [3.63, 3.8) is 0 Å². The molecule has 1 aromatic heterocycles. The van der Waals surface area contributed by atoms with E-state index in [1.54, 1.807) is 12.1 Å². The maximum Gasteiger partial charge on any atom is 0.137 e. The molecule has 5 heteroatoms. The minimum Gasteiger partial charge on any atom is -0.310 e. The first-order valence-electron chi connectivity index (χ1n) is 7.19. The summed E-state index contributed by atoms with van der Waals surface area (Å²) >= 11 is 3.20. The summed E-state index contributed by atoms with van der Waals surface area (Å²) in [6, 6.07) is 7.49. The van der Waals surface area contributed by atoms with Gasteiger partial charge in [-0.1, -0.05) is 13.0 Å². The lowest BCUT2D eigenvalue weighted by atomic mass is 10.0. The van der Waals surface area contributed by atoms with Crippen molar-refractivity contribution in [3.8, 4) is 0 Å². The normalized spacial score (nSPS) is 12.6. The molecule has 2 aromatic rings. The molecule has 0 bridgehead atoms. The summed E-state index contributed by atoms with van der Waals surface area (Å²) in [6.07, 6.45) is 1.83. The molecule has 1 unspecified atom stereocenters. The van der Waals surface area contributed by atoms with E-state index in [1.165, 1.54) is 0 Å². The number of aromatic nitrogens is 2. The van der Waals surface area contributed by atoms with Gasteiger partial charge >= 0.3 is 0 Å². The Morgan fingerprint density at radius 3 is 2.71 bits per heavy atom. The number of aryl methyl sites for hydroxylation is 2. The van der Waals surface area contributed by atoms with E-state index in [1.807, 2.05) is 24.7 Å². The van der Waals surface area contributed by atoms with Crippen LogP contribution in [0.2, 0.25) is 0 Å². The molecule has 0 radical (unpaired) electrons. The highest BCUT2D eigenvalue weighted by Crippen LogP contribution is 2.23. The van der Waals surface area contributed by atoms with Crippen LogP contribution in [0.4, 0.5) is 4.39 Å². The zero-order valence-electron chi connectivity index (χ0n) is 12.7. The Hall–Kier alpha value is -1.20. The summed E-state index contributed by atoms with van der Waals surface area (Å²) in [5.41, 5.74) is 3.11. The number of nitrogens with one attached hydrogen (secondary N) is 1. The van der Waals surface area contributed by atoms with Crippen LogP contribution in [0.3, 0.4) is 0 Å². The van der Waals surface area contributed by atoms with Crippen LogP contribution in [-0.2, 0) is 13.5 Å². The van der Waals surface area contributed by atoms with Gasteiger partial charge < -0.3 is 5.32 Å². The number of benzene rings is 1. The summed E-state index contributed by atoms with van der Waals surface area (Å²) in [4.78, 5) is 0. The fraction of sp³-hybridized carbons (Fsp3) is 0.438. The Bertz CT molecular complexity index is 610. The third-order valence-electron chi connectivity index (χ3n) is 3.50. The van der Waals surface area contributed by atoms with Gasteiger partial charge in [0.15, 0.2) is 0 Å². The van der Waals surface area contributed by atoms with Crippen molar-refractivity contribution < 1.29 is 4.39 Å². The van der Waals surface area contributed by atoms with E-state index in [2.05, 4.69) is 39.3 Å². The average Bonchev–Trinajstić information content (AvgIpc) is 2.76. The smallest absolute Gasteiger partial charge is 0.137 e. The molecule has 0 spiro atoms. The Morgan fingerprint density at radius 2 is 2.14 bits per heavy atom. The van der Waals surface area contributed by atoms with Crippen molar-refractivity contribution in [2.24, 2.45) is 7.05 Å². The molecule has 1 aromatic carbocycles. The van der Waals surface area contributed by atoms with Gasteiger partial charge in [0.25, 0.3) is 0 Å². The second kappa shape index (κ2) is 7.18. The molecule has 114 valence electrons. The molecule has 0 aliphatic carbocycles. The van der Waals surface area contributed by atoms with Crippen LogP contribution in [0, 0.1) is 12.7 Å². The summed E-state index contributed by atoms with van der Waals surface area (Å²) in [5, 5.41) is 7.87. The van der Waals surface area contributed by atoms with Crippen LogP contribution in [0.1, 0.15) is 36.3 Å². The zero-order chi connectivity index (χ0) is 15.4. The molecular weight excluding hydrogens is 333 g/mol. The van der Waals surface area contributed by atoms with Gasteiger partial charge in [0.2, 0.25) is 0 Å². The molecule has 0 aliphatic rings. The highest BCUT2D eigenvalue weighted by molar-refractivity contribution is 9.10. The first kappa shape index (κ1) is 16.2. The third-order valence-corrected chi connectivity index (χ3v) is 4.14. The van der Waals surface area contributed by atoms with Gasteiger partial charge in [0.1, 0.15) is 5.82 Å². The molecule has 0 aliphatic heterocycles. The summed E-state index contributed by atoms with van der Waals surface area (Å²) in [6.45, 7) is 5.01. The average molecular weight is 354 g/mol. The summed E-state index contributed by atoms with van der Waals surface area (Å²) in [7, 11) is 1.95. The first-order chi connectivity index (χ1) is 10.0.